The van der Waals surface area contributed by atoms with Crippen LogP contribution in [0.4, 0.5) is 0 Å². The molecular formula is C18H23N3O3. The predicted octanol–water partition coefficient (Wildman–Crippen LogP) is 2.07. The minimum atomic E-state index is -0.117. The molecule has 0 aliphatic heterocycles. The van der Waals surface area contributed by atoms with E-state index < -0.39 is 0 Å². The van der Waals surface area contributed by atoms with Crippen molar-refractivity contribution in [2.45, 2.75) is 19.6 Å². The summed E-state index contributed by atoms with van der Waals surface area (Å²) in [4.78, 5) is 15.7. The average molecular weight is 329 g/mol. The number of benzene rings is 1. The minimum Gasteiger partial charge on any atom is -0.493 e. The van der Waals surface area contributed by atoms with E-state index in [1.165, 1.54) is 0 Å². The van der Waals surface area contributed by atoms with E-state index in [1.807, 2.05) is 37.3 Å². The highest BCUT2D eigenvalue weighted by atomic mass is 16.5. The number of aromatic nitrogens is 1. The molecule has 0 spiro atoms. The van der Waals surface area contributed by atoms with Crippen LogP contribution in [-0.2, 0) is 11.4 Å². The van der Waals surface area contributed by atoms with E-state index in [0.29, 0.717) is 18.1 Å². The molecule has 1 aromatic heterocycles. The van der Waals surface area contributed by atoms with Crippen LogP contribution in [0.2, 0.25) is 0 Å². The number of ether oxygens (including phenoxy) is 2. The van der Waals surface area contributed by atoms with E-state index in [1.54, 1.807) is 26.6 Å². The maximum atomic E-state index is 11.7. The third kappa shape index (κ3) is 4.96. The average Bonchev–Trinajstić information content (AvgIpc) is 2.60. The Balaban J connectivity index is 2.05. The largest absolute Gasteiger partial charge is 0.493 e. The summed E-state index contributed by atoms with van der Waals surface area (Å²) in [5.41, 5.74) is 1.98. The number of carbonyl (C=O) groups excluding carboxylic acids is 1. The summed E-state index contributed by atoms with van der Waals surface area (Å²) < 4.78 is 11.2. The fraction of sp³-hybridized carbons (Fsp3) is 0.333. The molecule has 0 saturated carbocycles. The van der Waals surface area contributed by atoms with E-state index in [0.717, 1.165) is 11.1 Å². The summed E-state index contributed by atoms with van der Waals surface area (Å²) in [7, 11) is 3.34. The van der Waals surface area contributed by atoms with Gasteiger partial charge in [-0.15, -0.1) is 0 Å². The monoisotopic (exact) mass is 329 g/mol. The van der Waals surface area contributed by atoms with E-state index in [-0.39, 0.29) is 18.5 Å². The Kier molecular flexibility index (Phi) is 6.57. The highest BCUT2D eigenvalue weighted by molar-refractivity contribution is 5.78. The van der Waals surface area contributed by atoms with E-state index in [4.69, 9.17) is 9.47 Å². The van der Waals surface area contributed by atoms with Gasteiger partial charge < -0.3 is 20.1 Å². The maximum absolute atomic E-state index is 11.7. The zero-order valence-corrected chi connectivity index (χ0v) is 14.2. The molecule has 1 unspecified atom stereocenters. The van der Waals surface area contributed by atoms with Gasteiger partial charge >= 0.3 is 0 Å². The third-order valence-electron chi connectivity index (χ3n) is 3.55. The molecule has 1 atom stereocenters. The van der Waals surface area contributed by atoms with Crippen LogP contribution in [0.25, 0.3) is 0 Å². The predicted molar refractivity (Wildman–Crippen MR) is 92.0 cm³/mol. The van der Waals surface area contributed by atoms with Gasteiger partial charge in [-0.1, -0.05) is 6.07 Å². The van der Waals surface area contributed by atoms with Crippen molar-refractivity contribution in [3.8, 4) is 11.5 Å². The first-order chi connectivity index (χ1) is 11.6. The fourth-order valence-electron chi connectivity index (χ4n) is 2.25. The SMILES string of the molecule is CNCC(=O)NC(C)c1ccc(OCc2ccncc2)c(OC)c1. The van der Waals surface area contributed by atoms with Crippen LogP contribution in [0, 0.1) is 0 Å². The van der Waals surface area contributed by atoms with Crippen molar-refractivity contribution in [1.29, 1.82) is 0 Å². The van der Waals surface area contributed by atoms with Crippen LogP contribution in [-0.4, -0.2) is 31.6 Å². The first-order valence-corrected chi connectivity index (χ1v) is 7.77. The number of carbonyl (C=O) groups is 1. The lowest BCUT2D eigenvalue weighted by molar-refractivity contribution is -0.120. The number of hydrogen-bond donors (Lipinski definition) is 2. The van der Waals surface area contributed by atoms with Gasteiger partial charge in [0.25, 0.3) is 0 Å². The van der Waals surface area contributed by atoms with E-state index >= 15 is 0 Å². The smallest absolute Gasteiger partial charge is 0.234 e. The number of rotatable bonds is 8. The molecule has 0 aliphatic rings. The molecule has 0 aliphatic carbocycles. The van der Waals surface area contributed by atoms with Crippen molar-refractivity contribution in [1.82, 2.24) is 15.6 Å². The van der Waals surface area contributed by atoms with Gasteiger partial charge in [-0.3, -0.25) is 9.78 Å². The third-order valence-corrected chi connectivity index (χ3v) is 3.55. The van der Waals surface area contributed by atoms with Gasteiger partial charge in [0, 0.05) is 12.4 Å². The first kappa shape index (κ1) is 17.7. The van der Waals surface area contributed by atoms with Crippen molar-refractivity contribution in [3.63, 3.8) is 0 Å². The Hall–Kier alpha value is -2.60. The van der Waals surface area contributed by atoms with Crippen molar-refractivity contribution >= 4 is 5.91 Å². The number of amides is 1. The Bertz CT molecular complexity index is 662. The van der Waals surface area contributed by atoms with E-state index in [2.05, 4.69) is 15.6 Å². The number of nitrogens with one attached hydrogen (secondary N) is 2. The van der Waals surface area contributed by atoms with Gasteiger partial charge in [0.15, 0.2) is 11.5 Å². The second kappa shape index (κ2) is 8.88. The molecule has 6 heteroatoms. The second-order valence-electron chi connectivity index (χ2n) is 5.37. The lowest BCUT2D eigenvalue weighted by atomic mass is 10.1. The molecule has 24 heavy (non-hydrogen) atoms. The molecule has 1 aromatic carbocycles. The number of likely N-dealkylation sites (N-methyl/N-ethyl adjacent to an activating group) is 1. The molecule has 0 bridgehead atoms. The molecule has 128 valence electrons. The van der Waals surface area contributed by atoms with Gasteiger partial charge in [-0.2, -0.15) is 0 Å². The molecule has 0 radical (unpaired) electrons. The number of pyridine rings is 1. The lowest BCUT2D eigenvalue weighted by Crippen LogP contribution is -2.33. The highest BCUT2D eigenvalue weighted by Gasteiger charge is 2.12. The summed E-state index contributed by atoms with van der Waals surface area (Å²) in [5, 5.41) is 5.75. The summed E-state index contributed by atoms with van der Waals surface area (Å²) in [6.45, 7) is 2.65. The van der Waals surface area contributed by atoms with Crippen LogP contribution < -0.4 is 20.1 Å². The molecule has 1 amide bonds. The summed E-state index contributed by atoms with van der Waals surface area (Å²) in [6.07, 6.45) is 3.46. The van der Waals surface area contributed by atoms with Gasteiger partial charge in [0.2, 0.25) is 5.91 Å². The topological polar surface area (TPSA) is 72.5 Å². The van der Waals surface area contributed by atoms with Gasteiger partial charge in [0.05, 0.1) is 19.7 Å². The van der Waals surface area contributed by atoms with Gasteiger partial charge in [0.1, 0.15) is 6.61 Å². The quantitative estimate of drug-likeness (QED) is 0.776. The molecule has 0 fully saturated rings. The maximum Gasteiger partial charge on any atom is 0.234 e. The highest BCUT2D eigenvalue weighted by Crippen LogP contribution is 2.30. The number of hydrogen-bond acceptors (Lipinski definition) is 5. The Morgan fingerprint density at radius 2 is 1.96 bits per heavy atom. The van der Waals surface area contributed by atoms with Crippen LogP contribution in [0.3, 0.4) is 0 Å². The molecule has 2 aromatic rings. The Morgan fingerprint density at radius 1 is 1.21 bits per heavy atom. The summed E-state index contributed by atoms with van der Waals surface area (Å²) in [6, 6.07) is 9.35. The van der Waals surface area contributed by atoms with Crippen LogP contribution in [0.5, 0.6) is 11.5 Å². The Morgan fingerprint density at radius 3 is 2.62 bits per heavy atom. The van der Waals surface area contributed by atoms with Gasteiger partial charge in [-0.25, -0.2) is 0 Å². The lowest BCUT2D eigenvalue weighted by Gasteiger charge is -2.17. The number of methoxy groups -OCH3 is 1. The molecular weight excluding hydrogens is 306 g/mol. The Labute approximate surface area is 142 Å². The van der Waals surface area contributed by atoms with Crippen LogP contribution >= 0.6 is 0 Å². The molecule has 2 rings (SSSR count). The van der Waals surface area contributed by atoms with Crippen LogP contribution in [0.1, 0.15) is 24.1 Å². The minimum absolute atomic E-state index is 0.0537. The molecule has 2 N–H and O–H groups in total. The summed E-state index contributed by atoms with van der Waals surface area (Å²) in [5.74, 6) is 1.24. The van der Waals surface area contributed by atoms with Gasteiger partial charge in [-0.05, 0) is 49.4 Å². The molecule has 1 heterocycles. The van der Waals surface area contributed by atoms with Crippen LogP contribution in [0.15, 0.2) is 42.7 Å². The van der Waals surface area contributed by atoms with E-state index in [9.17, 15) is 4.79 Å². The molecule has 0 saturated heterocycles. The normalized spacial score (nSPS) is 11.6. The van der Waals surface area contributed by atoms with Crippen molar-refractivity contribution < 1.29 is 14.3 Å². The standard InChI is InChI=1S/C18H23N3O3/c1-13(21-18(22)11-19-2)15-4-5-16(17(10-15)23-3)24-12-14-6-8-20-9-7-14/h4-10,13,19H,11-12H2,1-3H3,(H,21,22). The first-order valence-electron chi connectivity index (χ1n) is 7.77. The zero-order valence-electron chi connectivity index (χ0n) is 14.2. The zero-order chi connectivity index (χ0) is 17.4. The second-order valence-corrected chi connectivity index (χ2v) is 5.37. The molecule has 6 nitrogen and oxygen atoms in total. The summed E-state index contributed by atoms with van der Waals surface area (Å²) >= 11 is 0. The number of nitrogens with zero attached hydrogens (tertiary/aromatic N) is 1. The van der Waals surface area contributed by atoms with Crippen molar-refractivity contribution in [2.75, 3.05) is 20.7 Å². The van der Waals surface area contributed by atoms with Crippen molar-refractivity contribution in [2.24, 2.45) is 0 Å². The van der Waals surface area contributed by atoms with Crippen molar-refractivity contribution in [3.05, 3.63) is 53.9 Å². The fourth-order valence-corrected chi connectivity index (χ4v) is 2.25.